The molecule has 0 spiro atoms. The number of nitrogens with one attached hydrogen (secondary N) is 2. The van der Waals surface area contributed by atoms with Gasteiger partial charge in [0, 0.05) is 13.1 Å². The summed E-state index contributed by atoms with van der Waals surface area (Å²) in [5, 5.41) is 0. The number of rotatable bonds is 8. The van der Waals surface area contributed by atoms with Gasteiger partial charge in [0.1, 0.15) is 0 Å². The number of sulfonamides is 2. The molecule has 0 aliphatic rings. The highest BCUT2D eigenvalue weighted by atomic mass is 32.2. The molecule has 0 heterocycles. The van der Waals surface area contributed by atoms with Crippen molar-refractivity contribution in [3.05, 3.63) is 0 Å². The van der Waals surface area contributed by atoms with Crippen molar-refractivity contribution in [2.75, 3.05) is 24.6 Å². The average Bonchev–Trinajstić information content (AvgIpc) is 2.13. The van der Waals surface area contributed by atoms with Crippen molar-refractivity contribution in [3.8, 4) is 0 Å². The molecule has 0 saturated carbocycles. The number of hydrogen-bond donors (Lipinski definition) is 2. The maximum absolute atomic E-state index is 11.1. The average molecular weight is 258 g/mol. The van der Waals surface area contributed by atoms with Crippen LogP contribution in [0.2, 0.25) is 0 Å². The molecule has 92 valence electrons. The third kappa shape index (κ3) is 7.71. The van der Waals surface area contributed by atoms with Crippen LogP contribution in [0.15, 0.2) is 0 Å². The maximum atomic E-state index is 11.1. The summed E-state index contributed by atoms with van der Waals surface area (Å²) >= 11 is 0. The van der Waals surface area contributed by atoms with Gasteiger partial charge >= 0.3 is 0 Å². The molecule has 0 aromatic carbocycles. The van der Waals surface area contributed by atoms with Gasteiger partial charge in [-0.3, -0.25) is 0 Å². The van der Waals surface area contributed by atoms with E-state index in [4.69, 9.17) is 0 Å². The lowest BCUT2D eigenvalue weighted by molar-refractivity contribution is 0.570. The first-order chi connectivity index (χ1) is 6.83. The molecule has 0 bridgehead atoms. The summed E-state index contributed by atoms with van der Waals surface area (Å²) < 4.78 is 48.8. The summed E-state index contributed by atoms with van der Waals surface area (Å²) in [7, 11) is -6.48. The molecule has 8 heteroatoms. The quantitative estimate of drug-likeness (QED) is 0.561. The van der Waals surface area contributed by atoms with Crippen molar-refractivity contribution < 1.29 is 16.8 Å². The van der Waals surface area contributed by atoms with Crippen LogP contribution in [0.4, 0.5) is 0 Å². The molecule has 0 fully saturated rings. The standard InChI is InChI=1S/C7H18N2O4S2/c1-3-7-15(12,13)9-6-5-8-14(10,11)4-2/h8-9H,3-7H2,1-2H3. The van der Waals surface area contributed by atoms with E-state index < -0.39 is 20.0 Å². The molecule has 0 radical (unpaired) electrons. The van der Waals surface area contributed by atoms with E-state index >= 15 is 0 Å². The van der Waals surface area contributed by atoms with Gasteiger partial charge in [-0.25, -0.2) is 26.3 Å². The highest BCUT2D eigenvalue weighted by Crippen LogP contribution is 1.87. The Morgan fingerprint density at radius 3 is 1.73 bits per heavy atom. The van der Waals surface area contributed by atoms with Crippen LogP contribution in [0.3, 0.4) is 0 Å². The Morgan fingerprint density at radius 2 is 1.33 bits per heavy atom. The third-order valence-corrected chi connectivity index (χ3v) is 4.62. The van der Waals surface area contributed by atoms with Crippen LogP contribution < -0.4 is 9.44 Å². The minimum Gasteiger partial charge on any atom is -0.214 e. The molecule has 15 heavy (non-hydrogen) atoms. The fourth-order valence-electron chi connectivity index (χ4n) is 0.856. The maximum Gasteiger partial charge on any atom is 0.211 e. The van der Waals surface area contributed by atoms with E-state index in [0.29, 0.717) is 6.42 Å². The summed E-state index contributed by atoms with van der Waals surface area (Å²) in [6, 6.07) is 0. The highest BCUT2D eigenvalue weighted by Gasteiger charge is 2.09. The zero-order chi connectivity index (χ0) is 11.9. The van der Waals surface area contributed by atoms with E-state index in [2.05, 4.69) is 9.44 Å². The van der Waals surface area contributed by atoms with Gasteiger partial charge in [-0.15, -0.1) is 0 Å². The lowest BCUT2D eigenvalue weighted by Crippen LogP contribution is -2.36. The smallest absolute Gasteiger partial charge is 0.211 e. The fraction of sp³-hybridized carbons (Fsp3) is 1.00. The largest absolute Gasteiger partial charge is 0.214 e. The Morgan fingerprint density at radius 1 is 0.867 bits per heavy atom. The van der Waals surface area contributed by atoms with E-state index in [-0.39, 0.29) is 24.6 Å². The van der Waals surface area contributed by atoms with Gasteiger partial charge in [-0.2, -0.15) is 0 Å². The van der Waals surface area contributed by atoms with Gasteiger partial charge < -0.3 is 0 Å². The van der Waals surface area contributed by atoms with E-state index in [0.717, 1.165) is 0 Å². The number of hydrogen-bond acceptors (Lipinski definition) is 4. The minimum atomic E-state index is -3.24. The van der Waals surface area contributed by atoms with Crippen LogP contribution >= 0.6 is 0 Å². The predicted octanol–water partition coefficient (Wildman–Crippen LogP) is -0.745. The van der Waals surface area contributed by atoms with E-state index in [1.54, 1.807) is 6.92 Å². The van der Waals surface area contributed by atoms with Crippen LogP contribution in [0, 0.1) is 0 Å². The topological polar surface area (TPSA) is 92.3 Å². The molecule has 0 amide bonds. The van der Waals surface area contributed by atoms with Crippen LogP contribution in [0.5, 0.6) is 0 Å². The monoisotopic (exact) mass is 258 g/mol. The van der Waals surface area contributed by atoms with Gasteiger partial charge in [0.2, 0.25) is 20.0 Å². The van der Waals surface area contributed by atoms with Gasteiger partial charge in [0.25, 0.3) is 0 Å². The van der Waals surface area contributed by atoms with Crippen molar-refractivity contribution in [3.63, 3.8) is 0 Å². The first-order valence-corrected chi connectivity index (χ1v) is 8.08. The van der Waals surface area contributed by atoms with Crippen molar-refractivity contribution >= 4 is 20.0 Å². The van der Waals surface area contributed by atoms with Crippen LogP contribution in [-0.2, 0) is 20.0 Å². The molecule has 0 aromatic rings. The molecule has 2 N–H and O–H groups in total. The summed E-state index contributed by atoms with van der Waals surface area (Å²) in [4.78, 5) is 0. The van der Waals surface area contributed by atoms with Crippen LogP contribution in [0.25, 0.3) is 0 Å². The molecular formula is C7H18N2O4S2. The minimum absolute atomic E-state index is 0.00525. The van der Waals surface area contributed by atoms with Crippen molar-refractivity contribution in [1.82, 2.24) is 9.44 Å². The SMILES string of the molecule is CCCS(=O)(=O)NCCNS(=O)(=O)CC. The molecule has 0 atom stereocenters. The molecule has 6 nitrogen and oxygen atoms in total. The molecule has 0 rings (SSSR count). The Labute approximate surface area is 91.6 Å². The summed E-state index contributed by atoms with van der Waals surface area (Å²) in [5.74, 6) is 0.0578. The van der Waals surface area contributed by atoms with Crippen molar-refractivity contribution in [2.24, 2.45) is 0 Å². The van der Waals surface area contributed by atoms with E-state index in [1.807, 2.05) is 0 Å². The lowest BCUT2D eigenvalue weighted by Gasteiger charge is -2.06. The fourth-order valence-corrected chi connectivity index (χ4v) is 2.57. The van der Waals surface area contributed by atoms with Gasteiger partial charge in [0.05, 0.1) is 11.5 Å². The predicted molar refractivity (Wildman–Crippen MR) is 59.5 cm³/mol. The van der Waals surface area contributed by atoms with Gasteiger partial charge in [-0.1, -0.05) is 6.92 Å². The summed E-state index contributed by atoms with van der Waals surface area (Å²) in [6.45, 7) is 3.45. The van der Waals surface area contributed by atoms with Crippen LogP contribution in [0.1, 0.15) is 20.3 Å². The second kappa shape index (κ2) is 6.41. The second-order valence-electron chi connectivity index (χ2n) is 3.01. The molecule has 0 aliphatic carbocycles. The first kappa shape index (κ1) is 14.8. The summed E-state index contributed by atoms with van der Waals surface area (Å²) in [5.41, 5.74) is 0. The molecule has 0 aliphatic heterocycles. The molecular weight excluding hydrogens is 240 g/mol. The third-order valence-electron chi connectivity index (χ3n) is 1.62. The molecule has 0 unspecified atom stereocenters. The zero-order valence-electron chi connectivity index (χ0n) is 8.99. The Kier molecular flexibility index (Phi) is 6.34. The zero-order valence-corrected chi connectivity index (χ0v) is 10.6. The van der Waals surface area contributed by atoms with Crippen molar-refractivity contribution in [1.29, 1.82) is 0 Å². The van der Waals surface area contributed by atoms with Crippen LogP contribution in [-0.4, -0.2) is 41.4 Å². The van der Waals surface area contributed by atoms with E-state index in [1.165, 1.54) is 6.92 Å². The first-order valence-electron chi connectivity index (χ1n) is 4.77. The van der Waals surface area contributed by atoms with Gasteiger partial charge in [-0.05, 0) is 13.3 Å². The Balaban J connectivity index is 3.82. The summed E-state index contributed by atoms with van der Waals surface area (Å²) in [6.07, 6.45) is 0.538. The van der Waals surface area contributed by atoms with Gasteiger partial charge in [0.15, 0.2) is 0 Å². The molecule has 0 saturated heterocycles. The van der Waals surface area contributed by atoms with Crippen molar-refractivity contribution in [2.45, 2.75) is 20.3 Å². The second-order valence-corrected chi connectivity index (χ2v) is 7.03. The Hall–Kier alpha value is -0.180. The normalized spacial score (nSPS) is 12.9. The lowest BCUT2D eigenvalue weighted by atomic mass is 10.6. The highest BCUT2D eigenvalue weighted by molar-refractivity contribution is 7.89. The molecule has 0 aromatic heterocycles. The Bertz CT molecular complexity index is 360. The van der Waals surface area contributed by atoms with E-state index in [9.17, 15) is 16.8 Å².